The molecule has 1 aromatic heterocycles. The van der Waals surface area contributed by atoms with Crippen LogP contribution in [0.4, 0.5) is 0 Å². The summed E-state index contributed by atoms with van der Waals surface area (Å²) in [4.78, 5) is 12.5. The maximum atomic E-state index is 6.62. The molecule has 2 aromatic carbocycles. The zero-order valence-electron chi connectivity index (χ0n) is 15.2. The molecule has 5 N–H and O–H groups in total. The Bertz CT molecular complexity index is 1050. The van der Waals surface area contributed by atoms with Crippen LogP contribution >= 0.6 is 11.6 Å². The van der Waals surface area contributed by atoms with E-state index in [9.17, 15) is 0 Å². The number of amidine groups is 1. The number of fused-ring (bicyclic) bond motifs is 1. The van der Waals surface area contributed by atoms with Crippen molar-refractivity contribution in [2.75, 3.05) is 6.54 Å². The van der Waals surface area contributed by atoms with Gasteiger partial charge >= 0.3 is 0 Å². The number of aromatic nitrogens is 2. The van der Waals surface area contributed by atoms with Crippen molar-refractivity contribution in [1.82, 2.24) is 20.6 Å². The lowest BCUT2D eigenvalue weighted by atomic mass is 10.0. The van der Waals surface area contributed by atoms with Gasteiger partial charge in [0.25, 0.3) is 0 Å². The molecule has 6 nitrogen and oxygen atoms in total. The number of aromatic amines is 1. The average Bonchev–Trinajstić information content (AvgIpc) is 3.05. The van der Waals surface area contributed by atoms with E-state index in [0.29, 0.717) is 11.6 Å². The predicted octanol–water partition coefficient (Wildman–Crippen LogP) is 3.47. The molecule has 1 unspecified atom stereocenters. The van der Waals surface area contributed by atoms with Gasteiger partial charge in [0.2, 0.25) is 0 Å². The van der Waals surface area contributed by atoms with Crippen LogP contribution in [0.25, 0.3) is 22.4 Å². The van der Waals surface area contributed by atoms with E-state index in [1.165, 1.54) is 0 Å². The maximum Gasteiger partial charge on any atom is 0.190 e. The topological polar surface area (TPSA) is 91.1 Å². The Morgan fingerprint density at radius 1 is 1.15 bits per heavy atom. The molecule has 27 heavy (non-hydrogen) atoms. The molecule has 0 amide bonds. The number of allylic oxidation sites excluding steroid dienone is 1. The molecule has 4 rings (SSSR count). The standard InChI is InChI=1S/C20H21ClN6/c1-3-23-18-10-12(2)26-20(22,27-18)14-6-9-16-17(11-14)25-19(24-16)13-4-7-15(21)8-5-13/h4-11,26H,3,22H2,1-2H3,(H,23,27)(H,24,25). The molecule has 1 aliphatic rings. The van der Waals surface area contributed by atoms with Crippen LogP contribution in [-0.4, -0.2) is 22.3 Å². The lowest BCUT2D eigenvalue weighted by Crippen LogP contribution is -2.64. The number of imidazole rings is 1. The van der Waals surface area contributed by atoms with Crippen LogP contribution in [-0.2, 0) is 5.79 Å². The second-order valence-corrected chi connectivity index (χ2v) is 7.01. The number of nitrogens with zero attached hydrogens (tertiary/aromatic N) is 2. The Morgan fingerprint density at radius 3 is 2.67 bits per heavy atom. The van der Waals surface area contributed by atoms with Gasteiger partial charge in [0.1, 0.15) is 11.7 Å². The Labute approximate surface area is 162 Å². The van der Waals surface area contributed by atoms with Gasteiger partial charge in [-0.1, -0.05) is 17.7 Å². The number of H-pyrrole nitrogens is 1. The van der Waals surface area contributed by atoms with Gasteiger partial charge < -0.3 is 15.6 Å². The number of rotatable bonds is 3. The van der Waals surface area contributed by atoms with Gasteiger partial charge in [-0.2, -0.15) is 0 Å². The van der Waals surface area contributed by atoms with Gasteiger partial charge in [-0.05, 0) is 56.3 Å². The second-order valence-electron chi connectivity index (χ2n) is 6.57. The van der Waals surface area contributed by atoms with Crippen molar-refractivity contribution in [3.05, 3.63) is 64.8 Å². The third-order valence-corrected chi connectivity index (χ3v) is 4.71. The minimum absolute atomic E-state index is 0.687. The number of nitrogens with two attached hydrogens (primary N) is 1. The van der Waals surface area contributed by atoms with Crippen LogP contribution in [0.15, 0.2) is 59.2 Å². The highest BCUT2D eigenvalue weighted by Crippen LogP contribution is 2.25. The summed E-state index contributed by atoms with van der Waals surface area (Å²) in [6, 6.07) is 13.5. The molecule has 3 aromatic rings. The Morgan fingerprint density at radius 2 is 1.93 bits per heavy atom. The van der Waals surface area contributed by atoms with E-state index in [0.717, 1.165) is 39.5 Å². The molecule has 138 valence electrons. The molecule has 1 atom stereocenters. The molecule has 0 spiro atoms. The molecular formula is C20H21ClN6. The smallest absolute Gasteiger partial charge is 0.190 e. The molecular weight excluding hydrogens is 360 g/mol. The first kappa shape index (κ1) is 17.6. The fourth-order valence-corrected chi connectivity index (χ4v) is 3.35. The third-order valence-electron chi connectivity index (χ3n) is 4.46. The van der Waals surface area contributed by atoms with Crippen molar-refractivity contribution in [2.24, 2.45) is 10.7 Å². The molecule has 0 fully saturated rings. The van der Waals surface area contributed by atoms with Crippen molar-refractivity contribution in [2.45, 2.75) is 19.6 Å². The molecule has 1 aliphatic heterocycles. The van der Waals surface area contributed by atoms with Crippen molar-refractivity contribution >= 4 is 28.5 Å². The summed E-state index contributed by atoms with van der Waals surface area (Å²) >= 11 is 5.97. The number of benzene rings is 2. The normalized spacial score (nSPS) is 21.0. The van der Waals surface area contributed by atoms with Crippen LogP contribution in [0.3, 0.4) is 0 Å². The highest BCUT2D eigenvalue weighted by Gasteiger charge is 2.31. The van der Waals surface area contributed by atoms with Gasteiger partial charge in [0, 0.05) is 28.4 Å². The highest BCUT2D eigenvalue weighted by molar-refractivity contribution is 6.30. The zero-order chi connectivity index (χ0) is 19.0. The van der Waals surface area contributed by atoms with Gasteiger partial charge in [0.15, 0.2) is 5.79 Å². The Hall–Kier alpha value is -2.83. The first-order valence-electron chi connectivity index (χ1n) is 8.81. The summed E-state index contributed by atoms with van der Waals surface area (Å²) in [6.45, 7) is 4.65. The molecule has 0 bridgehead atoms. The molecule has 0 saturated carbocycles. The van der Waals surface area contributed by atoms with E-state index in [1.54, 1.807) is 0 Å². The van der Waals surface area contributed by atoms with Crippen molar-refractivity contribution in [3.8, 4) is 11.4 Å². The highest BCUT2D eigenvalue weighted by atomic mass is 35.5. The van der Waals surface area contributed by atoms with Crippen molar-refractivity contribution < 1.29 is 0 Å². The van der Waals surface area contributed by atoms with E-state index in [4.69, 9.17) is 17.3 Å². The molecule has 0 saturated heterocycles. The van der Waals surface area contributed by atoms with Gasteiger partial charge in [-0.15, -0.1) is 0 Å². The number of hydrogen-bond acceptors (Lipinski definition) is 4. The fourth-order valence-electron chi connectivity index (χ4n) is 3.22. The monoisotopic (exact) mass is 380 g/mol. The Kier molecular flexibility index (Phi) is 4.37. The number of nitrogens with one attached hydrogen (secondary N) is 3. The van der Waals surface area contributed by atoms with E-state index in [2.05, 4.69) is 25.6 Å². The number of halogens is 1. The van der Waals surface area contributed by atoms with E-state index in [-0.39, 0.29) is 0 Å². The summed E-state index contributed by atoms with van der Waals surface area (Å²) in [5.74, 6) is 0.619. The van der Waals surface area contributed by atoms with E-state index in [1.807, 2.05) is 62.4 Å². The van der Waals surface area contributed by atoms with Crippen LogP contribution in [0.2, 0.25) is 5.02 Å². The predicted molar refractivity (Wildman–Crippen MR) is 110 cm³/mol. The van der Waals surface area contributed by atoms with Crippen LogP contribution in [0.1, 0.15) is 19.4 Å². The van der Waals surface area contributed by atoms with Gasteiger partial charge in [-0.25, -0.2) is 4.98 Å². The minimum Gasteiger partial charge on any atom is -0.350 e. The van der Waals surface area contributed by atoms with E-state index < -0.39 is 5.79 Å². The lowest BCUT2D eigenvalue weighted by Gasteiger charge is -2.37. The van der Waals surface area contributed by atoms with Gasteiger partial charge in [0.05, 0.1) is 11.0 Å². The zero-order valence-corrected chi connectivity index (χ0v) is 15.9. The maximum absolute atomic E-state index is 6.62. The summed E-state index contributed by atoms with van der Waals surface area (Å²) in [6.07, 6.45) is 1.95. The lowest BCUT2D eigenvalue weighted by molar-refractivity contribution is 0.341. The third kappa shape index (κ3) is 3.41. The van der Waals surface area contributed by atoms with Crippen LogP contribution in [0, 0.1) is 0 Å². The van der Waals surface area contributed by atoms with Crippen LogP contribution in [0.5, 0.6) is 0 Å². The minimum atomic E-state index is -0.938. The van der Waals surface area contributed by atoms with Gasteiger partial charge in [-0.3, -0.25) is 10.7 Å². The summed E-state index contributed by atoms with van der Waals surface area (Å²) < 4.78 is 0. The first-order valence-corrected chi connectivity index (χ1v) is 9.19. The van der Waals surface area contributed by atoms with Crippen LogP contribution < -0.4 is 16.4 Å². The SMILES string of the molecule is CCN=C1C=C(C)NC(N)(c2ccc3nc(-c4ccc(Cl)cc4)[nH]c3c2)N1. The fraction of sp³-hybridized carbons (Fsp3) is 0.200. The largest absolute Gasteiger partial charge is 0.350 e. The average molecular weight is 381 g/mol. The summed E-state index contributed by atoms with van der Waals surface area (Å²) in [5, 5.41) is 7.28. The van der Waals surface area contributed by atoms with Crippen molar-refractivity contribution in [1.29, 1.82) is 0 Å². The second kappa shape index (κ2) is 6.72. The Balaban J connectivity index is 1.72. The first-order chi connectivity index (χ1) is 13.0. The number of hydrogen-bond donors (Lipinski definition) is 4. The molecule has 0 radical (unpaired) electrons. The molecule has 0 aliphatic carbocycles. The van der Waals surface area contributed by atoms with Crippen molar-refractivity contribution in [3.63, 3.8) is 0 Å². The molecule has 2 heterocycles. The summed E-state index contributed by atoms with van der Waals surface area (Å²) in [7, 11) is 0. The van der Waals surface area contributed by atoms with E-state index >= 15 is 0 Å². The number of aliphatic imine (C=N–C) groups is 1. The molecule has 7 heteroatoms. The summed E-state index contributed by atoms with van der Waals surface area (Å²) in [5.41, 5.74) is 11.2. The quantitative estimate of drug-likeness (QED) is 0.560.